The molecule has 30 heavy (non-hydrogen) atoms. The number of ether oxygens (including phenoxy) is 2. The summed E-state index contributed by atoms with van der Waals surface area (Å²) in [5.74, 6) is 0.789. The Morgan fingerprint density at radius 2 is 1.77 bits per heavy atom. The van der Waals surface area contributed by atoms with Gasteiger partial charge in [-0.25, -0.2) is 0 Å². The molecule has 2 aromatic carbocycles. The molecule has 0 aliphatic rings. The summed E-state index contributed by atoms with van der Waals surface area (Å²) in [5.41, 5.74) is 2.49. The van der Waals surface area contributed by atoms with Crippen LogP contribution in [-0.2, 0) is 16.0 Å². The smallest absolute Gasteiger partial charge is 0.243 e. The molecule has 158 valence electrons. The number of amides is 2. The van der Waals surface area contributed by atoms with Gasteiger partial charge in [0, 0.05) is 35.9 Å². The van der Waals surface area contributed by atoms with Gasteiger partial charge in [0.1, 0.15) is 0 Å². The van der Waals surface area contributed by atoms with Gasteiger partial charge in [0.25, 0.3) is 0 Å². The van der Waals surface area contributed by atoms with Gasteiger partial charge in [0.2, 0.25) is 11.8 Å². The third-order valence-corrected chi connectivity index (χ3v) is 4.65. The molecule has 0 radical (unpaired) electrons. The van der Waals surface area contributed by atoms with E-state index in [1.54, 1.807) is 25.2 Å². The molecule has 0 bridgehead atoms. The third kappa shape index (κ3) is 5.11. The Bertz CT molecular complexity index is 1030. The van der Waals surface area contributed by atoms with Crippen LogP contribution in [0, 0.1) is 0 Å². The van der Waals surface area contributed by atoms with Crippen molar-refractivity contribution in [3.8, 4) is 11.5 Å². The van der Waals surface area contributed by atoms with Gasteiger partial charge in [-0.1, -0.05) is 18.2 Å². The number of aromatic amines is 1. The number of likely N-dealkylation sites (N-methyl/N-ethyl adjacent to an activating group) is 1. The van der Waals surface area contributed by atoms with Crippen LogP contribution in [-0.4, -0.2) is 48.5 Å². The average Bonchev–Trinajstić information content (AvgIpc) is 3.13. The zero-order valence-corrected chi connectivity index (χ0v) is 17.5. The van der Waals surface area contributed by atoms with Crippen molar-refractivity contribution >= 4 is 28.4 Å². The first kappa shape index (κ1) is 21.2. The maximum Gasteiger partial charge on any atom is 0.243 e. The van der Waals surface area contributed by atoms with E-state index in [-0.39, 0.29) is 24.8 Å². The minimum atomic E-state index is -0.281. The van der Waals surface area contributed by atoms with Gasteiger partial charge in [-0.05, 0) is 37.6 Å². The fourth-order valence-electron chi connectivity index (χ4n) is 3.21. The summed E-state index contributed by atoms with van der Waals surface area (Å²) in [6, 6.07) is 13.1. The number of fused-ring (bicyclic) bond motifs is 1. The van der Waals surface area contributed by atoms with Crippen LogP contribution >= 0.6 is 0 Å². The molecule has 0 aliphatic heterocycles. The van der Waals surface area contributed by atoms with Gasteiger partial charge >= 0.3 is 0 Å². The average molecular weight is 409 g/mol. The number of nitrogens with zero attached hydrogens (tertiary/aromatic N) is 1. The van der Waals surface area contributed by atoms with E-state index in [4.69, 9.17) is 9.47 Å². The molecule has 0 saturated heterocycles. The largest absolute Gasteiger partial charge is 0.490 e. The quantitative estimate of drug-likeness (QED) is 0.566. The van der Waals surface area contributed by atoms with Crippen molar-refractivity contribution < 1.29 is 19.1 Å². The highest BCUT2D eigenvalue weighted by Crippen LogP contribution is 2.30. The topological polar surface area (TPSA) is 83.7 Å². The normalized spacial score (nSPS) is 10.6. The number of hydrogen-bond acceptors (Lipinski definition) is 4. The van der Waals surface area contributed by atoms with Crippen LogP contribution in [0.4, 0.5) is 5.69 Å². The van der Waals surface area contributed by atoms with E-state index in [1.165, 1.54) is 4.90 Å². The number of benzene rings is 2. The van der Waals surface area contributed by atoms with Crippen molar-refractivity contribution in [2.45, 2.75) is 20.3 Å². The van der Waals surface area contributed by atoms with Gasteiger partial charge < -0.3 is 24.7 Å². The Hall–Kier alpha value is -3.48. The molecule has 0 aliphatic carbocycles. The number of para-hydroxylation sites is 1. The monoisotopic (exact) mass is 409 g/mol. The molecule has 0 atom stereocenters. The Morgan fingerprint density at radius 3 is 2.53 bits per heavy atom. The zero-order chi connectivity index (χ0) is 21.5. The number of H-pyrrole nitrogens is 1. The van der Waals surface area contributed by atoms with E-state index in [9.17, 15) is 9.59 Å². The van der Waals surface area contributed by atoms with Gasteiger partial charge in [-0.2, -0.15) is 0 Å². The standard InChI is InChI=1S/C23H27N3O4/c1-4-29-20-11-10-17(13-21(20)30-5-2)25-22(27)15-26(3)23(28)12-16-14-24-19-9-7-6-8-18(16)19/h6-11,13-14,24H,4-5,12,15H2,1-3H3,(H,25,27). The van der Waals surface area contributed by atoms with Crippen molar-refractivity contribution in [1.29, 1.82) is 0 Å². The molecular weight excluding hydrogens is 382 g/mol. The Labute approximate surface area is 176 Å². The predicted molar refractivity (Wildman–Crippen MR) is 117 cm³/mol. The highest BCUT2D eigenvalue weighted by molar-refractivity contribution is 5.95. The Kier molecular flexibility index (Phi) is 6.95. The molecule has 0 saturated carbocycles. The van der Waals surface area contributed by atoms with Gasteiger partial charge in [0.15, 0.2) is 11.5 Å². The lowest BCUT2D eigenvalue weighted by molar-refractivity contribution is -0.132. The first-order chi connectivity index (χ1) is 14.5. The second-order valence-corrected chi connectivity index (χ2v) is 6.86. The van der Waals surface area contributed by atoms with Crippen LogP contribution in [0.15, 0.2) is 48.7 Å². The number of hydrogen-bond donors (Lipinski definition) is 2. The molecule has 3 rings (SSSR count). The van der Waals surface area contributed by atoms with Gasteiger partial charge in [0.05, 0.1) is 26.2 Å². The maximum absolute atomic E-state index is 12.6. The lowest BCUT2D eigenvalue weighted by atomic mass is 10.1. The fourth-order valence-corrected chi connectivity index (χ4v) is 3.21. The molecule has 2 N–H and O–H groups in total. The van der Waals surface area contributed by atoms with Crippen molar-refractivity contribution in [3.05, 3.63) is 54.2 Å². The van der Waals surface area contributed by atoms with Crippen LogP contribution < -0.4 is 14.8 Å². The molecule has 0 spiro atoms. The van der Waals surface area contributed by atoms with E-state index in [0.717, 1.165) is 16.5 Å². The summed E-state index contributed by atoms with van der Waals surface area (Å²) >= 11 is 0. The number of nitrogens with one attached hydrogen (secondary N) is 2. The molecule has 0 unspecified atom stereocenters. The summed E-state index contributed by atoms with van der Waals surface area (Å²) in [5, 5.41) is 3.83. The zero-order valence-electron chi connectivity index (χ0n) is 17.5. The third-order valence-electron chi connectivity index (χ3n) is 4.65. The molecule has 0 fully saturated rings. The van der Waals surface area contributed by atoms with E-state index < -0.39 is 0 Å². The predicted octanol–water partition coefficient (Wildman–Crippen LogP) is 3.60. The molecule has 2 amide bonds. The SMILES string of the molecule is CCOc1ccc(NC(=O)CN(C)C(=O)Cc2c[nH]c3ccccc23)cc1OCC. The minimum absolute atomic E-state index is 0.0433. The van der Waals surface area contributed by atoms with E-state index in [1.807, 2.05) is 44.3 Å². The molecule has 7 nitrogen and oxygen atoms in total. The van der Waals surface area contributed by atoms with Crippen molar-refractivity contribution in [1.82, 2.24) is 9.88 Å². The fraction of sp³-hybridized carbons (Fsp3) is 0.304. The number of anilines is 1. The second kappa shape index (κ2) is 9.82. The van der Waals surface area contributed by atoms with Crippen molar-refractivity contribution in [3.63, 3.8) is 0 Å². The number of carbonyl (C=O) groups is 2. The summed E-state index contributed by atoms with van der Waals surface area (Å²) < 4.78 is 11.1. The lowest BCUT2D eigenvalue weighted by Gasteiger charge is -2.17. The summed E-state index contributed by atoms with van der Waals surface area (Å²) in [6.45, 7) is 4.75. The number of aromatic nitrogens is 1. The highest BCUT2D eigenvalue weighted by atomic mass is 16.5. The van der Waals surface area contributed by atoms with E-state index in [0.29, 0.717) is 30.4 Å². The summed E-state index contributed by atoms with van der Waals surface area (Å²) in [7, 11) is 1.63. The Balaban J connectivity index is 1.60. The first-order valence-corrected chi connectivity index (χ1v) is 10.00. The number of carbonyl (C=O) groups excluding carboxylic acids is 2. The minimum Gasteiger partial charge on any atom is -0.490 e. The number of rotatable bonds is 9. The van der Waals surface area contributed by atoms with Crippen LogP contribution in [0.25, 0.3) is 10.9 Å². The van der Waals surface area contributed by atoms with Crippen LogP contribution in [0.1, 0.15) is 19.4 Å². The Morgan fingerprint density at radius 1 is 1.03 bits per heavy atom. The summed E-state index contributed by atoms with van der Waals surface area (Å²) in [6.07, 6.45) is 2.07. The maximum atomic E-state index is 12.6. The highest BCUT2D eigenvalue weighted by Gasteiger charge is 2.16. The van der Waals surface area contributed by atoms with Crippen molar-refractivity contribution in [2.75, 3.05) is 32.1 Å². The summed E-state index contributed by atoms with van der Waals surface area (Å²) in [4.78, 5) is 29.6. The van der Waals surface area contributed by atoms with Crippen LogP contribution in [0.2, 0.25) is 0 Å². The lowest BCUT2D eigenvalue weighted by Crippen LogP contribution is -2.35. The molecule has 7 heteroatoms. The first-order valence-electron chi connectivity index (χ1n) is 10.00. The molecular formula is C23H27N3O4. The molecule has 1 heterocycles. The van der Waals surface area contributed by atoms with Gasteiger partial charge in [-0.3, -0.25) is 9.59 Å². The molecule has 3 aromatic rings. The molecule has 1 aromatic heterocycles. The van der Waals surface area contributed by atoms with Gasteiger partial charge in [-0.15, -0.1) is 0 Å². The van der Waals surface area contributed by atoms with E-state index >= 15 is 0 Å². The van der Waals surface area contributed by atoms with E-state index in [2.05, 4.69) is 10.3 Å². The second-order valence-electron chi connectivity index (χ2n) is 6.86. The van der Waals surface area contributed by atoms with Crippen LogP contribution in [0.5, 0.6) is 11.5 Å². The van der Waals surface area contributed by atoms with Crippen LogP contribution in [0.3, 0.4) is 0 Å². The van der Waals surface area contributed by atoms with Crippen molar-refractivity contribution in [2.24, 2.45) is 0 Å².